The molecule has 39 heavy (non-hydrogen) atoms. The summed E-state index contributed by atoms with van der Waals surface area (Å²) >= 11 is 0. The summed E-state index contributed by atoms with van der Waals surface area (Å²) in [6, 6.07) is 0. The molecule has 1 heterocycles. The Balaban J connectivity index is 1.92. The van der Waals surface area contributed by atoms with Crippen molar-refractivity contribution in [1.29, 1.82) is 0 Å². The van der Waals surface area contributed by atoms with Gasteiger partial charge in [-0.3, -0.25) is 14.4 Å². The normalized spacial score (nSPS) is 43.9. The molecule has 216 valence electrons. The summed E-state index contributed by atoms with van der Waals surface area (Å²) in [5.41, 5.74) is -1.77. The number of hydrogen-bond donors (Lipinski definition) is 0. The number of methoxy groups -OCH3 is 1. The Morgan fingerprint density at radius 1 is 1.00 bits per heavy atom. The second kappa shape index (κ2) is 9.84. The largest absolute Gasteiger partial charge is 0.461 e. The van der Waals surface area contributed by atoms with E-state index in [1.807, 2.05) is 27.7 Å². The maximum atomic E-state index is 14.3. The number of allylic oxidation sites excluding steroid dienone is 1. The van der Waals surface area contributed by atoms with Gasteiger partial charge in [0.25, 0.3) is 0 Å². The molecule has 9 heteroatoms. The summed E-state index contributed by atoms with van der Waals surface area (Å²) in [4.78, 5) is 51.7. The number of epoxide rings is 1. The highest BCUT2D eigenvalue weighted by molar-refractivity contribution is 5.96. The smallest absolute Gasteiger partial charge is 0.334 e. The summed E-state index contributed by atoms with van der Waals surface area (Å²) in [6.07, 6.45) is 0.965. The molecule has 0 N–H and O–H groups in total. The highest BCUT2D eigenvalue weighted by Gasteiger charge is 2.84. The minimum atomic E-state index is -1.25. The lowest BCUT2D eigenvalue weighted by atomic mass is 9.80. The first-order valence-corrected chi connectivity index (χ1v) is 13.7. The number of carbonyl (C=O) groups excluding carboxylic acids is 4. The molecule has 0 radical (unpaired) electrons. The molecule has 10 atom stereocenters. The zero-order valence-corrected chi connectivity index (χ0v) is 24.7. The van der Waals surface area contributed by atoms with Crippen LogP contribution in [0.25, 0.3) is 0 Å². The van der Waals surface area contributed by atoms with E-state index in [0.717, 1.165) is 0 Å². The quantitative estimate of drug-likeness (QED) is 0.167. The number of rotatable bonds is 5. The Hall–Kier alpha value is -2.52. The molecule has 2 saturated carbocycles. The monoisotopic (exact) mass is 546 g/mol. The summed E-state index contributed by atoms with van der Waals surface area (Å²) in [7, 11) is 1.57. The van der Waals surface area contributed by atoms with Crippen LogP contribution in [0, 0.1) is 29.1 Å². The van der Waals surface area contributed by atoms with Crippen molar-refractivity contribution in [2.75, 3.05) is 7.11 Å². The van der Waals surface area contributed by atoms with Gasteiger partial charge in [0.15, 0.2) is 17.0 Å². The van der Waals surface area contributed by atoms with Gasteiger partial charge in [0.1, 0.15) is 24.4 Å². The lowest BCUT2D eigenvalue weighted by Gasteiger charge is -2.30. The molecular formula is C30H42O9. The van der Waals surface area contributed by atoms with Crippen molar-refractivity contribution in [3.05, 3.63) is 23.3 Å². The van der Waals surface area contributed by atoms with E-state index in [2.05, 4.69) is 0 Å². The molecule has 4 rings (SSSR count). The fraction of sp³-hybridized carbons (Fsp3) is 0.733. The number of esters is 3. The highest BCUT2D eigenvalue weighted by Crippen LogP contribution is 2.68. The third kappa shape index (κ3) is 4.46. The van der Waals surface area contributed by atoms with Crippen LogP contribution >= 0.6 is 0 Å². The van der Waals surface area contributed by atoms with Crippen molar-refractivity contribution < 1.29 is 42.9 Å². The standard InChI is InChI=1S/C30H42O9/c1-11-14(2)27(34)38-22-15(3)12-30-26(37-19(7)32)16(4)13-29(30,39-30)25(33)17(5)23(36-18(6)31)20-21(24(22)35-10)28(20,8)9/h11-12,16-17,20-24,26H,13H2,1-10H3/b14-11+,15-12+/t16-,17+,20-,21+,22+,23-,24-,26-,29-,30-/m0/s1. The van der Waals surface area contributed by atoms with Crippen LogP contribution in [-0.4, -0.2) is 66.4 Å². The minimum Gasteiger partial charge on any atom is -0.461 e. The van der Waals surface area contributed by atoms with Crippen LogP contribution in [0.15, 0.2) is 23.3 Å². The molecule has 0 bridgehead atoms. The predicted molar refractivity (Wildman–Crippen MR) is 140 cm³/mol. The van der Waals surface area contributed by atoms with E-state index in [1.54, 1.807) is 40.0 Å². The van der Waals surface area contributed by atoms with E-state index in [9.17, 15) is 19.2 Å². The van der Waals surface area contributed by atoms with E-state index in [-0.39, 0.29) is 29.0 Å². The van der Waals surface area contributed by atoms with Crippen LogP contribution in [-0.2, 0) is 42.9 Å². The van der Waals surface area contributed by atoms with Gasteiger partial charge in [0.2, 0.25) is 0 Å². The van der Waals surface area contributed by atoms with Crippen LogP contribution in [0.2, 0.25) is 0 Å². The highest BCUT2D eigenvalue weighted by atomic mass is 16.7. The molecule has 0 amide bonds. The van der Waals surface area contributed by atoms with Gasteiger partial charge in [-0.05, 0) is 50.2 Å². The predicted octanol–water partition coefficient (Wildman–Crippen LogP) is 3.73. The first-order valence-electron chi connectivity index (χ1n) is 13.7. The second-order valence-electron chi connectivity index (χ2n) is 12.4. The van der Waals surface area contributed by atoms with E-state index in [1.165, 1.54) is 13.8 Å². The number of hydrogen-bond acceptors (Lipinski definition) is 9. The third-order valence-corrected chi connectivity index (χ3v) is 9.54. The van der Waals surface area contributed by atoms with Gasteiger partial charge in [-0.15, -0.1) is 0 Å². The van der Waals surface area contributed by atoms with Gasteiger partial charge in [0, 0.05) is 38.4 Å². The Labute approximate surface area is 230 Å². The Kier molecular flexibility index (Phi) is 7.43. The van der Waals surface area contributed by atoms with Crippen LogP contribution in [0.5, 0.6) is 0 Å². The lowest BCUT2D eigenvalue weighted by Crippen LogP contribution is -2.43. The van der Waals surface area contributed by atoms with Gasteiger partial charge in [0.05, 0.1) is 5.92 Å². The third-order valence-electron chi connectivity index (χ3n) is 9.54. The lowest BCUT2D eigenvalue weighted by molar-refractivity contribution is -0.154. The van der Waals surface area contributed by atoms with E-state index < -0.39 is 59.4 Å². The zero-order valence-electron chi connectivity index (χ0n) is 24.7. The Morgan fingerprint density at radius 2 is 1.59 bits per heavy atom. The summed E-state index contributed by atoms with van der Waals surface area (Å²) in [5, 5.41) is 0. The van der Waals surface area contributed by atoms with E-state index in [0.29, 0.717) is 17.6 Å². The molecule has 9 nitrogen and oxygen atoms in total. The average Bonchev–Trinajstić information content (AvgIpc) is 3.64. The van der Waals surface area contributed by atoms with Crippen molar-refractivity contribution in [2.24, 2.45) is 29.1 Å². The second-order valence-corrected chi connectivity index (χ2v) is 12.4. The summed E-state index contributed by atoms with van der Waals surface area (Å²) in [6.45, 7) is 15.7. The van der Waals surface area contributed by atoms with Crippen molar-refractivity contribution in [3.8, 4) is 0 Å². The number of ketones is 1. The maximum Gasteiger partial charge on any atom is 0.334 e. The van der Waals surface area contributed by atoms with Gasteiger partial charge in [-0.1, -0.05) is 33.8 Å². The molecule has 0 aromatic carbocycles. The van der Waals surface area contributed by atoms with Gasteiger partial charge in [-0.2, -0.15) is 0 Å². The summed E-state index contributed by atoms with van der Waals surface area (Å²) < 4.78 is 30.1. The van der Waals surface area contributed by atoms with Crippen LogP contribution in [0.3, 0.4) is 0 Å². The van der Waals surface area contributed by atoms with Crippen molar-refractivity contribution in [2.45, 2.75) is 104 Å². The first kappa shape index (κ1) is 29.5. The van der Waals surface area contributed by atoms with E-state index >= 15 is 0 Å². The maximum absolute atomic E-state index is 14.3. The Morgan fingerprint density at radius 3 is 2.13 bits per heavy atom. The minimum absolute atomic E-state index is 0.174. The van der Waals surface area contributed by atoms with Crippen molar-refractivity contribution in [3.63, 3.8) is 0 Å². The summed E-state index contributed by atoms with van der Waals surface area (Å²) in [5.74, 6) is -2.90. The van der Waals surface area contributed by atoms with Crippen molar-refractivity contribution in [1.82, 2.24) is 0 Å². The van der Waals surface area contributed by atoms with E-state index in [4.69, 9.17) is 23.7 Å². The van der Waals surface area contributed by atoms with Crippen LogP contribution in [0.1, 0.15) is 68.7 Å². The number of Topliss-reactive ketones (excluding diaryl/α,β-unsaturated/α-hetero) is 1. The Bertz CT molecular complexity index is 1140. The topological polar surface area (TPSA) is 118 Å². The number of fused-ring (bicyclic) bond motifs is 1. The molecule has 0 spiro atoms. The molecule has 0 aromatic rings. The molecule has 1 saturated heterocycles. The zero-order chi connectivity index (χ0) is 29.2. The molecule has 0 unspecified atom stereocenters. The SMILES string of the molecule is C/C=C(\C)C(=O)O[C@@H]1/C(C)=C/[C@@]23O[C@@]2(C[C@H](C)[C@@H]3OC(C)=O)C(=O)[C@H](C)[C@H](OC(C)=O)[C@@H]2[C@H]([C@@H]1OC)C2(C)C. The number of carbonyl (C=O) groups is 4. The number of ether oxygens (including phenoxy) is 5. The van der Waals surface area contributed by atoms with Gasteiger partial charge >= 0.3 is 17.9 Å². The van der Waals surface area contributed by atoms with Crippen LogP contribution < -0.4 is 0 Å². The van der Waals surface area contributed by atoms with Crippen LogP contribution in [0.4, 0.5) is 0 Å². The van der Waals surface area contributed by atoms with Gasteiger partial charge < -0.3 is 23.7 Å². The molecule has 3 aliphatic carbocycles. The van der Waals surface area contributed by atoms with Crippen molar-refractivity contribution >= 4 is 23.7 Å². The fourth-order valence-corrected chi connectivity index (χ4v) is 7.48. The molecule has 1 aliphatic heterocycles. The molecule has 0 aromatic heterocycles. The average molecular weight is 547 g/mol. The fourth-order valence-electron chi connectivity index (χ4n) is 7.48. The van der Waals surface area contributed by atoms with Gasteiger partial charge in [-0.25, -0.2) is 4.79 Å². The molecular weight excluding hydrogens is 504 g/mol. The first-order chi connectivity index (χ1) is 18.1. The molecule has 4 aliphatic rings. The molecule has 3 fully saturated rings.